The van der Waals surface area contributed by atoms with Crippen LogP contribution >= 0.6 is 11.3 Å². The van der Waals surface area contributed by atoms with E-state index in [2.05, 4.69) is 10.1 Å². The third-order valence-electron chi connectivity index (χ3n) is 4.31. The van der Waals surface area contributed by atoms with E-state index in [1.807, 2.05) is 23.6 Å². The molecule has 2 aromatic heterocycles. The van der Waals surface area contributed by atoms with Gasteiger partial charge in [-0.15, -0.1) is 11.3 Å². The number of aliphatic hydroxyl groups is 1. The second kappa shape index (κ2) is 6.47. The molecular weight excluding hydrogens is 327 g/mol. The minimum absolute atomic E-state index is 0.287. The number of hydrogen-bond acceptors (Lipinski definition) is 5. The Kier molecular flexibility index (Phi) is 4.18. The van der Waals surface area contributed by atoms with Gasteiger partial charge in [-0.05, 0) is 23.6 Å². The van der Waals surface area contributed by atoms with E-state index in [0.29, 0.717) is 18.8 Å². The van der Waals surface area contributed by atoms with Crippen LogP contribution in [0.4, 0.5) is 4.39 Å². The summed E-state index contributed by atoms with van der Waals surface area (Å²) in [5, 5.41) is 16.5. The number of aliphatic hydroxyl groups excluding tert-OH is 1. The van der Waals surface area contributed by atoms with Gasteiger partial charge in [-0.1, -0.05) is 23.4 Å². The molecule has 1 aromatic carbocycles. The highest BCUT2D eigenvalue weighted by Gasteiger charge is 2.26. The first kappa shape index (κ1) is 15.5. The molecule has 1 aliphatic heterocycles. The molecule has 4 rings (SSSR count). The summed E-state index contributed by atoms with van der Waals surface area (Å²) in [4.78, 5) is 3.16. The molecule has 0 saturated carbocycles. The van der Waals surface area contributed by atoms with E-state index < -0.39 is 6.10 Å². The maximum atomic E-state index is 13.5. The standard InChI is InChI=1S/C18H17FN2O2S/c19-13-4-1-3-12(9-13)18-14-10-21(7-6-16(14)23-20-18)11-15(22)17-5-2-8-24-17/h1-5,8-9,15,22H,6-7,10-11H2/t15-/m1/s1. The maximum absolute atomic E-state index is 13.5. The van der Waals surface area contributed by atoms with E-state index in [0.717, 1.165) is 34.7 Å². The Morgan fingerprint density at radius 2 is 2.25 bits per heavy atom. The number of benzene rings is 1. The fraction of sp³-hybridized carbons (Fsp3) is 0.278. The lowest BCUT2D eigenvalue weighted by atomic mass is 10.0. The highest BCUT2D eigenvalue weighted by molar-refractivity contribution is 7.10. The molecule has 1 atom stereocenters. The van der Waals surface area contributed by atoms with Crippen molar-refractivity contribution in [2.75, 3.05) is 13.1 Å². The average Bonchev–Trinajstić information content (AvgIpc) is 3.24. The predicted octanol–water partition coefficient (Wildman–Crippen LogP) is 3.63. The molecule has 0 saturated heterocycles. The smallest absolute Gasteiger partial charge is 0.143 e. The monoisotopic (exact) mass is 344 g/mol. The molecule has 0 fully saturated rings. The Hall–Kier alpha value is -2.02. The van der Waals surface area contributed by atoms with Crippen molar-refractivity contribution in [1.82, 2.24) is 10.1 Å². The first-order chi connectivity index (χ1) is 11.7. The Labute approximate surface area is 143 Å². The van der Waals surface area contributed by atoms with Crippen molar-refractivity contribution < 1.29 is 14.0 Å². The van der Waals surface area contributed by atoms with Crippen LogP contribution in [0.5, 0.6) is 0 Å². The Bertz CT molecular complexity index is 831. The highest BCUT2D eigenvalue weighted by Crippen LogP contribution is 2.31. The molecule has 0 spiro atoms. The van der Waals surface area contributed by atoms with Gasteiger partial charge in [0.15, 0.2) is 0 Å². The molecule has 0 aliphatic carbocycles. The predicted molar refractivity (Wildman–Crippen MR) is 90.2 cm³/mol. The number of halogens is 1. The molecule has 0 radical (unpaired) electrons. The summed E-state index contributed by atoms with van der Waals surface area (Å²) in [6.45, 7) is 2.02. The van der Waals surface area contributed by atoms with E-state index in [-0.39, 0.29) is 5.82 Å². The molecule has 1 N–H and O–H groups in total. The molecule has 0 bridgehead atoms. The number of nitrogens with zero attached hydrogens (tertiary/aromatic N) is 2. The number of fused-ring (bicyclic) bond motifs is 1. The average molecular weight is 344 g/mol. The molecule has 24 heavy (non-hydrogen) atoms. The topological polar surface area (TPSA) is 49.5 Å². The van der Waals surface area contributed by atoms with E-state index in [1.165, 1.54) is 12.1 Å². The number of thiophene rings is 1. The molecule has 3 heterocycles. The second-order valence-electron chi connectivity index (χ2n) is 5.96. The largest absolute Gasteiger partial charge is 0.386 e. The normalized spacial score (nSPS) is 16.1. The SMILES string of the molecule is O[C@H](CN1CCc2onc(-c3cccc(F)c3)c2C1)c1cccs1. The van der Waals surface area contributed by atoms with Crippen LogP contribution in [0.15, 0.2) is 46.3 Å². The summed E-state index contributed by atoms with van der Waals surface area (Å²) in [6.07, 6.45) is 0.249. The summed E-state index contributed by atoms with van der Waals surface area (Å²) >= 11 is 1.56. The van der Waals surface area contributed by atoms with Crippen molar-refractivity contribution in [1.29, 1.82) is 0 Å². The number of aromatic nitrogens is 1. The lowest BCUT2D eigenvalue weighted by molar-refractivity contribution is 0.106. The van der Waals surface area contributed by atoms with Crippen molar-refractivity contribution in [3.63, 3.8) is 0 Å². The van der Waals surface area contributed by atoms with Crippen LogP contribution < -0.4 is 0 Å². The Morgan fingerprint density at radius 3 is 3.04 bits per heavy atom. The van der Waals surface area contributed by atoms with Gasteiger partial charge in [0.2, 0.25) is 0 Å². The van der Waals surface area contributed by atoms with Gasteiger partial charge in [-0.25, -0.2) is 4.39 Å². The van der Waals surface area contributed by atoms with E-state index in [9.17, 15) is 9.50 Å². The first-order valence-corrected chi connectivity index (χ1v) is 8.76. The van der Waals surface area contributed by atoms with Crippen molar-refractivity contribution in [3.05, 3.63) is 63.8 Å². The molecule has 0 unspecified atom stereocenters. The van der Waals surface area contributed by atoms with Crippen LogP contribution in [-0.2, 0) is 13.0 Å². The fourth-order valence-corrected chi connectivity index (χ4v) is 3.80. The lowest BCUT2D eigenvalue weighted by Gasteiger charge is -2.27. The van der Waals surface area contributed by atoms with Crippen LogP contribution in [0.1, 0.15) is 22.3 Å². The Morgan fingerprint density at radius 1 is 1.33 bits per heavy atom. The zero-order valence-corrected chi connectivity index (χ0v) is 13.8. The summed E-state index contributed by atoms with van der Waals surface area (Å²) in [5.74, 6) is 0.571. The van der Waals surface area contributed by atoms with Crippen molar-refractivity contribution in [2.24, 2.45) is 0 Å². The van der Waals surface area contributed by atoms with Gasteiger partial charge in [0.1, 0.15) is 23.4 Å². The maximum Gasteiger partial charge on any atom is 0.143 e. The molecule has 0 amide bonds. The van der Waals surface area contributed by atoms with Crippen molar-refractivity contribution in [3.8, 4) is 11.3 Å². The van der Waals surface area contributed by atoms with Crippen LogP contribution in [0.2, 0.25) is 0 Å². The Balaban J connectivity index is 1.55. The zero-order chi connectivity index (χ0) is 16.5. The molecule has 1 aliphatic rings. The van der Waals surface area contributed by atoms with E-state index >= 15 is 0 Å². The summed E-state index contributed by atoms with van der Waals surface area (Å²) in [6, 6.07) is 10.3. The quantitative estimate of drug-likeness (QED) is 0.785. The molecule has 6 heteroatoms. The second-order valence-corrected chi connectivity index (χ2v) is 6.94. The van der Waals surface area contributed by atoms with Crippen LogP contribution in [-0.4, -0.2) is 28.3 Å². The van der Waals surface area contributed by atoms with Gasteiger partial charge < -0.3 is 9.63 Å². The molecule has 3 aromatic rings. The van der Waals surface area contributed by atoms with Crippen LogP contribution in [0.3, 0.4) is 0 Å². The van der Waals surface area contributed by atoms with E-state index in [4.69, 9.17) is 4.52 Å². The molecular formula is C18H17FN2O2S. The minimum Gasteiger partial charge on any atom is -0.386 e. The summed E-state index contributed by atoms with van der Waals surface area (Å²) in [5.41, 5.74) is 2.41. The number of hydrogen-bond donors (Lipinski definition) is 1. The lowest BCUT2D eigenvalue weighted by Crippen LogP contribution is -2.33. The summed E-state index contributed by atoms with van der Waals surface area (Å²) in [7, 11) is 0. The van der Waals surface area contributed by atoms with Gasteiger partial charge >= 0.3 is 0 Å². The molecule has 124 valence electrons. The van der Waals surface area contributed by atoms with Gasteiger partial charge in [-0.2, -0.15) is 0 Å². The van der Waals surface area contributed by atoms with Crippen LogP contribution in [0.25, 0.3) is 11.3 Å². The number of rotatable bonds is 4. The van der Waals surface area contributed by atoms with Gasteiger partial charge in [-0.3, -0.25) is 4.90 Å². The highest BCUT2D eigenvalue weighted by atomic mass is 32.1. The number of β-amino-alcohol motifs (C(OH)–C–C–N with tert-alkyl or cyclic N) is 1. The van der Waals surface area contributed by atoms with Crippen molar-refractivity contribution in [2.45, 2.75) is 19.1 Å². The zero-order valence-electron chi connectivity index (χ0n) is 13.0. The first-order valence-electron chi connectivity index (χ1n) is 7.88. The molecule has 4 nitrogen and oxygen atoms in total. The summed E-state index contributed by atoms with van der Waals surface area (Å²) < 4.78 is 18.9. The minimum atomic E-state index is -0.496. The third-order valence-corrected chi connectivity index (χ3v) is 5.28. The van der Waals surface area contributed by atoms with E-state index in [1.54, 1.807) is 17.4 Å². The third kappa shape index (κ3) is 3.00. The van der Waals surface area contributed by atoms with Crippen molar-refractivity contribution >= 4 is 11.3 Å². The van der Waals surface area contributed by atoms with Gasteiger partial charge in [0.25, 0.3) is 0 Å². The van der Waals surface area contributed by atoms with Gasteiger partial charge in [0, 0.05) is 42.1 Å². The van der Waals surface area contributed by atoms with Crippen LogP contribution in [0, 0.1) is 5.82 Å². The van der Waals surface area contributed by atoms with Gasteiger partial charge in [0.05, 0.1) is 0 Å². The fourth-order valence-electron chi connectivity index (χ4n) is 3.10.